The topological polar surface area (TPSA) is 97.6 Å². The molecule has 0 amide bonds. The van der Waals surface area contributed by atoms with Crippen LogP contribution in [-0.2, 0) is 0 Å². The van der Waals surface area contributed by atoms with Crippen molar-refractivity contribution in [3.8, 4) is 18.0 Å². The van der Waals surface area contributed by atoms with E-state index in [-0.39, 0.29) is 5.56 Å². The van der Waals surface area contributed by atoms with Gasteiger partial charge in [-0.3, -0.25) is 9.36 Å². The third-order valence-corrected chi connectivity index (χ3v) is 4.92. The Balaban J connectivity index is 1.38. The number of pyridine rings is 2. The molecule has 3 heterocycles. The van der Waals surface area contributed by atoms with E-state index >= 15 is 0 Å². The summed E-state index contributed by atoms with van der Waals surface area (Å²) >= 11 is 0. The van der Waals surface area contributed by atoms with Crippen molar-refractivity contribution < 1.29 is 0 Å². The monoisotopic (exact) mass is 387 g/mol. The molecule has 29 heavy (non-hydrogen) atoms. The smallest absolute Gasteiger partial charge is 0.270 e. The Hall–Kier alpha value is -3.73. The second kappa shape index (κ2) is 8.10. The van der Waals surface area contributed by atoms with E-state index in [9.17, 15) is 4.79 Å². The number of terminal acetylenes is 1. The summed E-state index contributed by atoms with van der Waals surface area (Å²) in [4.78, 5) is 21.0. The standard InChI is InChI=1S/C21H21N7O/c1-3-15-5-4-10-28(20(15)29)18-8-9-19(22-13-18)24-16-6-7-17(11-16)25-21-23-12-14(2)26-27-21/h1,4-5,8-10,12-13,16-17H,6-7,11H2,2H3,(H,22,24)(H,23,25,27)/t16-,17-/m0/s1. The quantitative estimate of drug-likeness (QED) is 0.648. The molecule has 1 saturated carbocycles. The van der Waals surface area contributed by atoms with Crippen LogP contribution < -0.4 is 16.2 Å². The lowest BCUT2D eigenvalue weighted by molar-refractivity contribution is 0.712. The molecule has 1 aliphatic carbocycles. The average molecular weight is 387 g/mol. The number of aryl methyl sites for hydroxylation is 1. The lowest BCUT2D eigenvalue weighted by Gasteiger charge is -2.15. The van der Waals surface area contributed by atoms with E-state index in [2.05, 4.69) is 36.7 Å². The number of aromatic nitrogens is 5. The van der Waals surface area contributed by atoms with Gasteiger partial charge < -0.3 is 10.6 Å². The number of nitrogens with zero attached hydrogens (tertiary/aromatic N) is 5. The van der Waals surface area contributed by atoms with Crippen molar-refractivity contribution >= 4 is 11.8 Å². The minimum atomic E-state index is -0.227. The van der Waals surface area contributed by atoms with Crippen LogP contribution in [0.2, 0.25) is 0 Å². The highest BCUT2D eigenvalue weighted by molar-refractivity contribution is 5.43. The normalized spacial score (nSPS) is 18.2. The molecule has 0 unspecified atom stereocenters. The van der Waals surface area contributed by atoms with Crippen molar-refractivity contribution in [2.24, 2.45) is 0 Å². The van der Waals surface area contributed by atoms with Crippen LogP contribution in [0.1, 0.15) is 30.5 Å². The molecule has 0 bridgehead atoms. The summed E-state index contributed by atoms with van der Waals surface area (Å²) < 4.78 is 1.50. The zero-order chi connectivity index (χ0) is 20.2. The summed E-state index contributed by atoms with van der Waals surface area (Å²) in [6, 6.07) is 7.70. The number of anilines is 2. The zero-order valence-corrected chi connectivity index (χ0v) is 16.0. The Labute approximate surface area is 168 Å². The highest BCUT2D eigenvalue weighted by atomic mass is 16.1. The molecule has 8 heteroatoms. The van der Waals surface area contributed by atoms with Gasteiger partial charge in [0.05, 0.1) is 29.3 Å². The second-order valence-electron chi connectivity index (χ2n) is 7.06. The van der Waals surface area contributed by atoms with Gasteiger partial charge in [0, 0.05) is 18.3 Å². The fourth-order valence-electron chi connectivity index (χ4n) is 3.46. The molecule has 0 aromatic carbocycles. The Kier molecular flexibility index (Phi) is 5.20. The van der Waals surface area contributed by atoms with Crippen LogP contribution in [0.3, 0.4) is 0 Å². The van der Waals surface area contributed by atoms with Gasteiger partial charge in [-0.2, -0.15) is 5.10 Å². The van der Waals surface area contributed by atoms with Gasteiger partial charge in [-0.05, 0) is 50.5 Å². The van der Waals surface area contributed by atoms with Crippen molar-refractivity contribution in [1.82, 2.24) is 24.7 Å². The highest BCUT2D eigenvalue weighted by Gasteiger charge is 2.25. The molecule has 4 rings (SSSR count). The summed E-state index contributed by atoms with van der Waals surface area (Å²) in [5.74, 6) is 3.74. The van der Waals surface area contributed by atoms with Crippen molar-refractivity contribution in [2.75, 3.05) is 10.6 Å². The summed E-state index contributed by atoms with van der Waals surface area (Å²) in [7, 11) is 0. The number of hydrogen-bond acceptors (Lipinski definition) is 7. The second-order valence-corrected chi connectivity index (χ2v) is 7.06. The van der Waals surface area contributed by atoms with E-state index in [1.165, 1.54) is 4.57 Å². The molecule has 2 atom stereocenters. The van der Waals surface area contributed by atoms with Crippen LogP contribution in [0.5, 0.6) is 0 Å². The zero-order valence-electron chi connectivity index (χ0n) is 16.0. The molecular weight excluding hydrogens is 366 g/mol. The van der Waals surface area contributed by atoms with Crippen LogP contribution in [0.4, 0.5) is 11.8 Å². The van der Waals surface area contributed by atoms with Gasteiger partial charge in [0.15, 0.2) is 0 Å². The maximum Gasteiger partial charge on any atom is 0.270 e. The molecule has 8 nitrogen and oxygen atoms in total. The molecule has 3 aromatic rings. The van der Waals surface area contributed by atoms with E-state index < -0.39 is 0 Å². The Bertz CT molecular complexity index is 1080. The molecule has 1 aliphatic rings. The number of rotatable bonds is 5. The fourth-order valence-corrected chi connectivity index (χ4v) is 3.46. The predicted octanol–water partition coefficient (Wildman–Crippen LogP) is 2.15. The minimum Gasteiger partial charge on any atom is -0.367 e. The van der Waals surface area contributed by atoms with Crippen molar-refractivity contribution in [3.05, 3.63) is 64.5 Å². The van der Waals surface area contributed by atoms with E-state index in [4.69, 9.17) is 6.42 Å². The molecule has 0 radical (unpaired) electrons. The van der Waals surface area contributed by atoms with E-state index in [1.54, 1.807) is 30.7 Å². The highest BCUT2D eigenvalue weighted by Crippen LogP contribution is 2.24. The van der Waals surface area contributed by atoms with Crippen LogP contribution >= 0.6 is 0 Å². The summed E-state index contributed by atoms with van der Waals surface area (Å²) in [6.45, 7) is 1.86. The Morgan fingerprint density at radius 2 is 1.93 bits per heavy atom. The molecule has 146 valence electrons. The van der Waals surface area contributed by atoms with Gasteiger partial charge in [0.25, 0.3) is 5.56 Å². The van der Waals surface area contributed by atoms with E-state index in [0.29, 0.717) is 29.3 Å². The van der Waals surface area contributed by atoms with Gasteiger partial charge in [-0.1, -0.05) is 5.92 Å². The van der Waals surface area contributed by atoms with Crippen LogP contribution in [0.25, 0.3) is 5.69 Å². The maximum atomic E-state index is 12.3. The first-order valence-corrected chi connectivity index (χ1v) is 9.46. The van der Waals surface area contributed by atoms with Gasteiger partial charge >= 0.3 is 0 Å². The van der Waals surface area contributed by atoms with E-state index in [1.807, 2.05) is 19.1 Å². The molecule has 3 aromatic heterocycles. The third-order valence-electron chi connectivity index (χ3n) is 4.92. The van der Waals surface area contributed by atoms with Crippen LogP contribution in [0, 0.1) is 19.3 Å². The molecule has 2 N–H and O–H groups in total. The Morgan fingerprint density at radius 1 is 1.10 bits per heavy atom. The van der Waals surface area contributed by atoms with Gasteiger partial charge in [0.2, 0.25) is 5.95 Å². The summed E-state index contributed by atoms with van der Waals surface area (Å²) in [5.41, 5.74) is 1.57. The predicted molar refractivity (Wildman–Crippen MR) is 111 cm³/mol. The van der Waals surface area contributed by atoms with Crippen LogP contribution in [-0.4, -0.2) is 36.8 Å². The largest absolute Gasteiger partial charge is 0.367 e. The SMILES string of the molecule is C#Cc1cccn(-c2ccc(N[C@H]3CC[C@H](Nc4ncc(C)nn4)C3)nc2)c1=O. The first kappa shape index (κ1) is 18.6. The molecule has 0 saturated heterocycles. The first-order chi connectivity index (χ1) is 14.1. The maximum absolute atomic E-state index is 12.3. The lowest BCUT2D eigenvalue weighted by atomic mass is 10.2. The molecule has 0 aliphatic heterocycles. The van der Waals surface area contributed by atoms with Crippen LogP contribution in [0.15, 0.2) is 47.7 Å². The van der Waals surface area contributed by atoms with Crippen molar-refractivity contribution in [1.29, 1.82) is 0 Å². The molecule has 1 fully saturated rings. The van der Waals surface area contributed by atoms with Gasteiger partial charge in [-0.15, -0.1) is 11.5 Å². The summed E-state index contributed by atoms with van der Waals surface area (Å²) in [6.07, 6.45) is 13.4. The van der Waals surface area contributed by atoms with E-state index in [0.717, 1.165) is 30.8 Å². The third kappa shape index (κ3) is 4.24. The van der Waals surface area contributed by atoms with Crippen molar-refractivity contribution in [3.63, 3.8) is 0 Å². The summed E-state index contributed by atoms with van der Waals surface area (Å²) in [5, 5.41) is 14.9. The molecule has 0 spiro atoms. The number of nitrogens with one attached hydrogen (secondary N) is 2. The fraction of sp³-hybridized carbons (Fsp3) is 0.286. The minimum absolute atomic E-state index is 0.227. The van der Waals surface area contributed by atoms with Crippen molar-refractivity contribution in [2.45, 2.75) is 38.3 Å². The average Bonchev–Trinajstić information content (AvgIpc) is 3.17. The van der Waals surface area contributed by atoms with Gasteiger partial charge in [-0.25, -0.2) is 9.97 Å². The lowest BCUT2D eigenvalue weighted by Crippen LogP contribution is -2.22. The molecular formula is C21H21N7O. The Morgan fingerprint density at radius 3 is 2.62 bits per heavy atom. The first-order valence-electron chi connectivity index (χ1n) is 9.46. The number of hydrogen-bond donors (Lipinski definition) is 2. The van der Waals surface area contributed by atoms with Gasteiger partial charge in [0.1, 0.15) is 5.82 Å².